The molecule has 2 aromatic heterocycles. The third-order valence-electron chi connectivity index (χ3n) is 5.15. The summed E-state index contributed by atoms with van der Waals surface area (Å²) in [7, 11) is -3.87. The molecule has 2 N–H and O–H groups in total. The number of aromatic nitrogens is 3. The zero-order chi connectivity index (χ0) is 26.6. The standard InChI is InChI=1S/C23H20BrClF3N5O3S/c24-18-14-30-33-21(13-20(32-22(18)33)17-5-1-2-6-19(17)25)29-11-3-4-12-31-37(34,35)16-9-7-15(8-10-16)36-23(26,27)28/h1-2,5-10,13-14,29,31H,3-4,11-12H2. The van der Waals surface area contributed by atoms with Crippen molar-refractivity contribution >= 4 is 49.0 Å². The number of benzene rings is 2. The summed E-state index contributed by atoms with van der Waals surface area (Å²) in [5.41, 5.74) is 2.05. The Labute approximate surface area is 224 Å². The molecule has 0 saturated carbocycles. The first-order chi connectivity index (χ1) is 17.5. The van der Waals surface area contributed by atoms with Gasteiger partial charge in [-0.1, -0.05) is 29.8 Å². The van der Waals surface area contributed by atoms with Gasteiger partial charge in [0.2, 0.25) is 10.0 Å². The van der Waals surface area contributed by atoms with Crippen LogP contribution in [0.1, 0.15) is 12.8 Å². The first-order valence-electron chi connectivity index (χ1n) is 10.9. The molecule has 4 rings (SSSR count). The normalized spacial score (nSPS) is 12.1. The molecule has 8 nitrogen and oxygen atoms in total. The van der Waals surface area contributed by atoms with Gasteiger partial charge in [-0.2, -0.15) is 9.61 Å². The first-order valence-corrected chi connectivity index (χ1v) is 13.6. The van der Waals surface area contributed by atoms with Gasteiger partial charge < -0.3 is 10.1 Å². The van der Waals surface area contributed by atoms with Gasteiger partial charge in [-0.3, -0.25) is 0 Å². The number of alkyl halides is 3. The maximum Gasteiger partial charge on any atom is 0.573 e. The molecule has 4 aromatic rings. The number of hydrogen-bond donors (Lipinski definition) is 2. The molecule has 0 fully saturated rings. The van der Waals surface area contributed by atoms with Crippen LogP contribution in [0.15, 0.2) is 70.2 Å². The molecule has 0 spiro atoms. The lowest BCUT2D eigenvalue weighted by molar-refractivity contribution is -0.274. The van der Waals surface area contributed by atoms with E-state index in [9.17, 15) is 21.6 Å². The minimum absolute atomic E-state index is 0.148. The second-order valence-corrected chi connectivity index (χ2v) is 10.8. The van der Waals surface area contributed by atoms with E-state index < -0.39 is 22.1 Å². The van der Waals surface area contributed by atoms with Gasteiger partial charge in [0.05, 0.1) is 21.3 Å². The maximum atomic E-state index is 12.4. The number of nitrogens with zero attached hydrogens (tertiary/aromatic N) is 3. The number of rotatable bonds is 10. The van der Waals surface area contributed by atoms with E-state index >= 15 is 0 Å². The second kappa shape index (κ2) is 11.3. The van der Waals surface area contributed by atoms with Crippen LogP contribution in [0.2, 0.25) is 5.02 Å². The lowest BCUT2D eigenvalue weighted by Crippen LogP contribution is -2.25. The SMILES string of the molecule is O=S(=O)(NCCCCNc1cc(-c2ccccc2Cl)nc2c(Br)cnn12)c1ccc(OC(F)(F)F)cc1. The van der Waals surface area contributed by atoms with Gasteiger partial charge in [0.25, 0.3) is 0 Å². The van der Waals surface area contributed by atoms with Crippen LogP contribution in [0.5, 0.6) is 5.75 Å². The Morgan fingerprint density at radius 2 is 1.76 bits per heavy atom. The Hall–Kier alpha value is -2.87. The first kappa shape index (κ1) is 27.2. The Bertz CT molecular complexity index is 1500. The van der Waals surface area contributed by atoms with E-state index in [-0.39, 0.29) is 11.4 Å². The fraction of sp³-hybridized carbons (Fsp3) is 0.217. The summed E-state index contributed by atoms with van der Waals surface area (Å²) in [6, 6.07) is 13.2. The van der Waals surface area contributed by atoms with Crippen LogP contribution >= 0.6 is 27.5 Å². The van der Waals surface area contributed by atoms with Gasteiger partial charge in [-0.25, -0.2) is 18.1 Å². The average molecular weight is 619 g/mol. The van der Waals surface area contributed by atoms with E-state index in [4.69, 9.17) is 11.6 Å². The zero-order valence-corrected chi connectivity index (χ0v) is 22.1. The number of halogens is 5. The van der Waals surface area contributed by atoms with Crippen molar-refractivity contribution in [3.05, 3.63) is 70.3 Å². The van der Waals surface area contributed by atoms with Gasteiger partial charge in [0.1, 0.15) is 11.6 Å². The topological polar surface area (TPSA) is 97.6 Å². The zero-order valence-electron chi connectivity index (χ0n) is 19.0. The van der Waals surface area contributed by atoms with Crippen molar-refractivity contribution in [1.82, 2.24) is 19.3 Å². The van der Waals surface area contributed by atoms with Crippen molar-refractivity contribution < 1.29 is 26.3 Å². The van der Waals surface area contributed by atoms with Crippen LogP contribution < -0.4 is 14.8 Å². The lowest BCUT2D eigenvalue weighted by Gasteiger charge is -2.12. The summed E-state index contributed by atoms with van der Waals surface area (Å²) in [6.45, 7) is 0.665. The van der Waals surface area contributed by atoms with Crippen LogP contribution in [0, 0.1) is 0 Å². The third kappa shape index (κ3) is 6.92. The molecule has 0 bridgehead atoms. The van der Waals surface area contributed by atoms with E-state index in [0.717, 1.165) is 34.3 Å². The maximum absolute atomic E-state index is 12.4. The minimum atomic E-state index is -4.85. The highest BCUT2D eigenvalue weighted by atomic mass is 79.9. The highest BCUT2D eigenvalue weighted by Gasteiger charge is 2.31. The number of nitrogens with one attached hydrogen (secondary N) is 2. The van der Waals surface area contributed by atoms with Crippen molar-refractivity contribution in [1.29, 1.82) is 0 Å². The summed E-state index contributed by atoms with van der Waals surface area (Å²) in [5.74, 6) is 0.192. The molecule has 0 amide bonds. The fourth-order valence-electron chi connectivity index (χ4n) is 3.45. The summed E-state index contributed by atoms with van der Waals surface area (Å²) < 4.78 is 70.2. The number of ether oxygens (including phenoxy) is 1. The van der Waals surface area contributed by atoms with Crippen LogP contribution in [-0.4, -0.2) is 42.5 Å². The van der Waals surface area contributed by atoms with Crippen molar-refractivity contribution in [2.24, 2.45) is 0 Å². The van der Waals surface area contributed by atoms with Gasteiger partial charge in [0.15, 0.2) is 5.65 Å². The Balaban J connectivity index is 1.33. The largest absolute Gasteiger partial charge is 0.573 e. The Kier molecular flexibility index (Phi) is 8.26. The summed E-state index contributed by atoms with van der Waals surface area (Å²) in [6.07, 6.45) is -2.08. The molecule has 0 radical (unpaired) electrons. The average Bonchev–Trinajstić information content (AvgIpc) is 3.21. The fourth-order valence-corrected chi connectivity index (χ4v) is 5.10. The van der Waals surface area contributed by atoms with Gasteiger partial charge in [-0.15, -0.1) is 13.2 Å². The number of sulfonamides is 1. The second-order valence-electron chi connectivity index (χ2n) is 7.79. The van der Waals surface area contributed by atoms with Gasteiger partial charge in [-0.05, 0) is 59.1 Å². The summed E-state index contributed by atoms with van der Waals surface area (Å²) in [5, 5.41) is 8.19. The van der Waals surface area contributed by atoms with E-state index in [1.54, 1.807) is 16.8 Å². The molecule has 0 saturated heterocycles. The predicted molar refractivity (Wildman–Crippen MR) is 137 cm³/mol. The quantitative estimate of drug-likeness (QED) is 0.216. The van der Waals surface area contributed by atoms with Gasteiger partial charge in [0, 0.05) is 29.7 Å². The molecule has 196 valence electrons. The predicted octanol–water partition coefficient (Wildman–Crippen LogP) is 5.88. The Morgan fingerprint density at radius 1 is 1.05 bits per heavy atom. The summed E-state index contributed by atoms with van der Waals surface area (Å²) >= 11 is 9.80. The molecule has 37 heavy (non-hydrogen) atoms. The van der Waals surface area contributed by atoms with Crippen LogP contribution in [0.25, 0.3) is 16.9 Å². The number of hydrogen-bond acceptors (Lipinski definition) is 6. The molecule has 2 heterocycles. The van der Waals surface area contributed by atoms with E-state index in [1.807, 2.05) is 24.3 Å². The van der Waals surface area contributed by atoms with E-state index in [2.05, 4.69) is 40.8 Å². The molecule has 0 aliphatic heterocycles. The number of unbranched alkanes of at least 4 members (excludes halogenated alkanes) is 1. The summed E-state index contributed by atoms with van der Waals surface area (Å²) in [4.78, 5) is 4.49. The molecular weight excluding hydrogens is 599 g/mol. The van der Waals surface area contributed by atoms with Crippen molar-refractivity contribution in [3.8, 4) is 17.0 Å². The van der Waals surface area contributed by atoms with E-state index in [1.165, 1.54) is 0 Å². The molecule has 0 aliphatic carbocycles. The van der Waals surface area contributed by atoms with E-state index in [0.29, 0.717) is 41.6 Å². The lowest BCUT2D eigenvalue weighted by atomic mass is 10.1. The Morgan fingerprint density at radius 3 is 2.46 bits per heavy atom. The highest BCUT2D eigenvalue weighted by Crippen LogP contribution is 2.30. The smallest absolute Gasteiger partial charge is 0.406 e. The third-order valence-corrected chi connectivity index (χ3v) is 7.51. The molecule has 2 aromatic carbocycles. The molecular formula is C23H20BrClF3N5O3S. The minimum Gasteiger partial charge on any atom is -0.406 e. The van der Waals surface area contributed by atoms with Crippen molar-refractivity contribution in [3.63, 3.8) is 0 Å². The van der Waals surface area contributed by atoms with Crippen LogP contribution in [0.4, 0.5) is 19.0 Å². The monoisotopic (exact) mass is 617 g/mol. The molecule has 0 atom stereocenters. The van der Waals surface area contributed by atoms with Gasteiger partial charge >= 0.3 is 6.36 Å². The molecule has 14 heteroatoms. The number of fused-ring (bicyclic) bond motifs is 1. The van der Waals surface area contributed by atoms with Crippen molar-refractivity contribution in [2.75, 3.05) is 18.4 Å². The molecule has 0 aliphatic rings. The van der Waals surface area contributed by atoms with Crippen molar-refractivity contribution in [2.45, 2.75) is 24.1 Å². The van der Waals surface area contributed by atoms with Crippen LogP contribution in [-0.2, 0) is 10.0 Å². The molecule has 0 unspecified atom stereocenters. The number of anilines is 1. The highest BCUT2D eigenvalue weighted by molar-refractivity contribution is 9.10. The van der Waals surface area contributed by atoms with Crippen LogP contribution in [0.3, 0.4) is 0 Å².